The highest BCUT2D eigenvalue weighted by Gasteiger charge is 2.12. The van der Waals surface area contributed by atoms with E-state index in [1.54, 1.807) is 12.1 Å². The fraction of sp³-hybridized carbons (Fsp3) is 0.125. The van der Waals surface area contributed by atoms with Crippen LogP contribution in [-0.4, -0.2) is 11.1 Å². The number of rotatable bonds is 2. The average molecular weight is 388 g/mol. The molecule has 1 aromatic carbocycles. The van der Waals surface area contributed by atoms with Gasteiger partial charge in [-0.1, -0.05) is 63.4 Å². The third-order valence-corrected chi connectivity index (χ3v) is 2.77. The maximum absolute atomic E-state index is 10.7. The standard InChI is InChI=1S/C8H6I2O2/c9-7(10)5-3-1-2-4-6(5)8(11)12/h1-4,7H,(H,11,12). The molecule has 0 aliphatic carbocycles. The van der Waals surface area contributed by atoms with Gasteiger partial charge in [0.25, 0.3) is 0 Å². The number of aromatic carboxylic acids is 1. The Bertz CT molecular complexity index is 297. The van der Waals surface area contributed by atoms with E-state index in [4.69, 9.17) is 5.11 Å². The van der Waals surface area contributed by atoms with E-state index in [1.165, 1.54) is 0 Å². The van der Waals surface area contributed by atoms with Crippen molar-refractivity contribution in [3.05, 3.63) is 35.4 Å². The molecule has 1 N–H and O–H groups in total. The summed E-state index contributed by atoms with van der Waals surface area (Å²) in [6.45, 7) is 0. The molecule has 64 valence electrons. The maximum atomic E-state index is 10.7. The van der Waals surface area contributed by atoms with Gasteiger partial charge in [-0.3, -0.25) is 0 Å². The molecule has 0 aromatic heterocycles. The van der Waals surface area contributed by atoms with Gasteiger partial charge in [-0.25, -0.2) is 4.79 Å². The normalized spacial score (nSPS) is 10.2. The van der Waals surface area contributed by atoms with Crippen molar-refractivity contribution in [1.82, 2.24) is 0 Å². The Morgan fingerprint density at radius 1 is 1.33 bits per heavy atom. The van der Waals surface area contributed by atoms with Crippen LogP contribution < -0.4 is 0 Å². The average Bonchev–Trinajstić information content (AvgIpc) is 2.04. The predicted octanol–water partition coefficient (Wildman–Crippen LogP) is 3.25. The summed E-state index contributed by atoms with van der Waals surface area (Å²) in [7, 11) is 0. The van der Waals surface area contributed by atoms with E-state index in [9.17, 15) is 4.79 Å². The fourth-order valence-electron chi connectivity index (χ4n) is 0.882. The number of hydrogen-bond acceptors (Lipinski definition) is 1. The van der Waals surface area contributed by atoms with Crippen molar-refractivity contribution in [1.29, 1.82) is 0 Å². The van der Waals surface area contributed by atoms with Crippen molar-refractivity contribution < 1.29 is 9.90 Å². The summed E-state index contributed by atoms with van der Waals surface area (Å²) in [5.41, 5.74) is 1.26. The lowest BCUT2D eigenvalue weighted by molar-refractivity contribution is 0.0696. The van der Waals surface area contributed by atoms with Crippen molar-refractivity contribution in [2.75, 3.05) is 0 Å². The van der Waals surface area contributed by atoms with Gasteiger partial charge in [0.05, 0.1) is 7.49 Å². The van der Waals surface area contributed by atoms with E-state index in [1.807, 2.05) is 12.1 Å². The Balaban J connectivity index is 3.17. The lowest BCUT2D eigenvalue weighted by Gasteiger charge is -2.05. The summed E-state index contributed by atoms with van der Waals surface area (Å²) in [4.78, 5) is 10.7. The van der Waals surface area contributed by atoms with Crippen molar-refractivity contribution in [2.24, 2.45) is 0 Å². The highest BCUT2D eigenvalue weighted by Crippen LogP contribution is 2.32. The molecule has 0 saturated carbocycles. The van der Waals surface area contributed by atoms with Gasteiger partial charge in [-0.15, -0.1) is 0 Å². The van der Waals surface area contributed by atoms with Gasteiger partial charge in [0, 0.05) is 0 Å². The van der Waals surface area contributed by atoms with Gasteiger partial charge < -0.3 is 5.11 Å². The largest absolute Gasteiger partial charge is 0.478 e. The van der Waals surface area contributed by atoms with Crippen LogP contribution in [0, 0.1) is 0 Å². The summed E-state index contributed by atoms with van der Waals surface area (Å²) in [5, 5.41) is 8.81. The van der Waals surface area contributed by atoms with Crippen LogP contribution in [0.1, 0.15) is 17.9 Å². The minimum Gasteiger partial charge on any atom is -0.478 e. The Labute approximate surface area is 97.6 Å². The van der Waals surface area contributed by atoms with Gasteiger partial charge >= 0.3 is 5.97 Å². The van der Waals surface area contributed by atoms with Crippen LogP contribution in [0.4, 0.5) is 0 Å². The molecule has 0 atom stereocenters. The second-order valence-electron chi connectivity index (χ2n) is 2.19. The minimum atomic E-state index is -0.857. The molecule has 4 heteroatoms. The molecule has 0 amide bonds. The van der Waals surface area contributed by atoms with Crippen LogP contribution in [0.3, 0.4) is 0 Å². The Morgan fingerprint density at radius 2 is 1.92 bits per heavy atom. The van der Waals surface area contributed by atoms with E-state index < -0.39 is 5.97 Å². The van der Waals surface area contributed by atoms with Crippen molar-refractivity contribution in [3.8, 4) is 0 Å². The molecule has 2 nitrogen and oxygen atoms in total. The number of carbonyl (C=O) groups is 1. The van der Waals surface area contributed by atoms with Crippen LogP contribution in [0.25, 0.3) is 0 Å². The SMILES string of the molecule is O=C(O)c1ccccc1C(I)I. The minimum absolute atomic E-state index is 0.201. The molecule has 0 saturated heterocycles. The number of hydrogen-bond donors (Lipinski definition) is 1. The summed E-state index contributed by atoms with van der Waals surface area (Å²) in [6.07, 6.45) is 0. The highest BCUT2D eigenvalue weighted by atomic mass is 127. The number of halogens is 2. The Morgan fingerprint density at radius 3 is 2.33 bits per heavy atom. The van der Waals surface area contributed by atoms with Gasteiger partial charge in [0.15, 0.2) is 0 Å². The first-order valence-corrected chi connectivity index (χ1v) is 5.72. The van der Waals surface area contributed by atoms with E-state index in [-0.39, 0.29) is 1.93 Å². The lowest BCUT2D eigenvalue weighted by atomic mass is 10.1. The Hall–Kier alpha value is 0.150. The van der Waals surface area contributed by atoms with Crippen molar-refractivity contribution in [3.63, 3.8) is 0 Å². The fourth-order valence-corrected chi connectivity index (χ4v) is 1.97. The zero-order valence-corrected chi connectivity index (χ0v) is 10.3. The van der Waals surface area contributed by atoms with Crippen molar-refractivity contribution in [2.45, 2.75) is 1.93 Å². The van der Waals surface area contributed by atoms with E-state index in [0.29, 0.717) is 5.56 Å². The molecule has 0 bridgehead atoms. The second-order valence-corrected chi connectivity index (χ2v) is 7.07. The van der Waals surface area contributed by atoms with E-state index >= 15 is 0 Å². The zero-order chi connectivity index (χ0) is 9.14. The quantitative estimate of drug-likeness (QED) is 0.624. The Kier molecular flexibility index (Phi) is 3.76. The van der Waals surface area contributed by atoms with Gasteiger partial charge in [0.2, 0.25) is 0 Å². The first-order valence-electron chi connectivity index (χ1n) is 3.23. The molecule has 1 aromatic rings. The van der Waals surface area contributed by atoms with Crippen LogP contribution in [-0.2, 0) is 0 Å². The molecule has 1 rings (SSSR count). The third kappa shape index (κ3) is 2.32. The van der Waals surface area contributed by atoms with E-state index in [0.717, 1.165) is 5.56 Å². The van der Waals surface area contributed by atoms with Crippen LogP contribution in [0.2, 0.25) is 0 Å². The molecule has 0 aliphatic rings. The topological polar surface area (TPSA) is 37.3 Å². The molecule has 0 fully saturated rings. The molecule has 12 heavy (non-hydrogen) atoms. The summed E-state index contributed by atoms with van der Waals surface area (Å²) in [5.74, 6) is -0.857. The summed E-state index contributed by atoms with van der Waals surface area (Å²) >= 11 is 4.38. The second kappa shape index (κ2) is 4.40. The first kappa shape index (κ1) is 10.2. The number of carboxylic acids is 1. The molecular weight excluding hydrogens is 382 g/mol. The predicted molar refractivity (Wildman–Crippen MR) is 64.2 cm³/mol. The van der Waals surface area contributed by atoms with Gasteiger partial charge in [-0.2, -0.15) is 0 Å². The summed E-state index contributed by atoms with van der Waals surface area (Å²) < 4.78 is 0.201. The molecular formula is C8H6I2O2. The molecule has 0 spiro atoms. The molecule has 0 unspecified atom stereocenters. The monoisotopic (exact) mass is 388 g/mol. The molecule has 0 heterocycles. The lowest BCUT2D eigenvalue weighted by Crippen LogP contribution is -2.00. The van der Waals surface area contributed by atoms with Crippen molar-refractivity contribution >= 4 is 51.2 Å². The van der Waals surface area contributed by atoms with Crippen LogP contribution >= 0.6 is 45.2 Å². The van der Waals surface area contributed by atoms with E-state index in [2.05, 4.69) is 45.2 Å². The maximum Gasteiger partial charge on any atom is 0.336 e. The van der Waals surface area contributed by atoms with Gasteiger partial charge in [-0.05, 0) is 11.6 Å². The zero-order valence-electron chi connectivity index (χ0n) is 6.00. The first-order chi connectivity index (χ1) is 5.63. The van der Waals surface area contributed by atoms with Gasteiger partial charge in [0.1, 0.15) is 0 Å². The number of carboxylic acid groups (broad SMARTS) is 1. The highest BCUT2D eigenvalue weighted by molar-refractivity contribution is 14.2. The molecule has 0 radical (unpaired) electrons. The molecule has 0 aliphatic heterocycles. The summed E-state index contributed by atoms with van der Waals surface area (Å²) in [6, 6.07) is 7.06. The van der Waals surface area contributed by atoms with Crippen LogP contribution in [0.15, 0.2) is 24.3 Å². The van der Waals surface area contributed by atoms with Crippen LogP contribution in [0.5, 0.6) is 0 Å². The number of alkyl halides is 2. The third-order valence-electron chi connectivity index (χ3n) is 1.43. The smallest absolute Gasteiger partial charge is 0.336 e. The number of benzene rings is 1.